The van der Waals surface area contributed by atoms with Crippen LogP contribution in [0.1, 0.15) is 58.3 Å². The third-order valence-electron chi connectivity index (χ3n) is 3.42. The molecule has 0 amide bonds. The SMILES string of the molecule is CCCCCCCC(CN)NC1CC=CC1. The Morgan fingerprint density at radius 1 is 1.19 bits per heavy atom. The zero-order valence-electron chi connectivity index (χ0n) is 10.8. The molecule has 2 nitrogen and oxygen atoms in total. The third-order valence-corrected chi connectivity index (χ3v) is 3.42. The summed E-state index contributed by atoms with van der Waals surface area (Å²) in [5.74, 6) is 0. The average molecular weight is 224 g/mol. The Hall–Kier alpha value is -0.340. The van der Waals surface area contributed by atoms with E-state index >= 15 is 0 Å². The van der Waals surface area contributed by atoms with Crippen molar-refractivity contribution in [2.24, 2.45) is 5.73 Å². The predicted molar refractivity (Wildman–Crippen MR) is 71.5 cm³/mol. The Kier molecular flexibility index (Phi) is 7.52. The van der Waals surface area contributed by atoms with Crippen molar-refractivity contribution >= 4 is 0 Å². The van der Waals surface area contributed by atoms with E-state index in [1.54, 1.807) is 0 Å². The molecule has 0 fully saturated rings. The van der Waals surface area contributed by atoms with E-state index in [-0.39, 0.29) is 0 Å². The number of hydrogen-bond donors (Lipinski definition) is 2. The fourth-order valence-corrected chi connectivity index (χ4v) is 2.35. The summed E-state index contributed by atoms with van der Waals surface area (Å²) >= 11 is 0. The van der Waals surface area contributed by atoms with E-state index in [9.17, 15) is 0 Å². The summed E-state index contributed by atoms with van der Waals surface area (Å²) < 4.78 is 0. The molecule has 1 unspecified atom stereocenters. The third kappa shape index (κ3) is 5.66. The number of rotatable bonds is 9. The van der Waals surface area contributed by atoms with Crippen LogP contribution in [0, 0.1) is 0 Å². The monoisotopic (exact) mass is 224 g/mol. The van der Waals surface area contributed by atoms with Gasteiger partial charge in [-0.05, 0) is 19.3 Å². The van der Waals surface area contributed by atoms with Gasteiger partial charge < -0.3 is 11.1 Å². The van der Waals surface area contributed by atoms with E-state index in [0.717, 1.165) is 6.54 Å². The van der Waals surface area contributed by atoms with Gasteiger partial charge in [0.1, 0.15) is 0 Å². The van der Waals surface area contributed by atoms with E-state index in [2.05, 4.69) is 24.4 Å². The molecular formula is C14H28N2. The van der Waals surface area contributed by atoms with E-state index in [4.69, 9.17) is 5.73 Å². The first-order valence-corrected chi connectivity index (χ1v) is 6.98. The molecule has 0 aromatic carbocycles. The van der Waals surface area contributed by atoms with Crippen LogP contribution in [-0.2, 0) is 0 Å². The molecular weight excluding hydrogens is 196 g/mol. The van der Waals surface area contributed by atoms with Gasteiger partial charge in [-0.25, -0.2) is 0 Å². The standard InChI is InChI=1S/C14H28N2/c1-2-3-4-5-6-11-14(12-15)16-13-9-7-8-10-13/h7-8,13-14,16H,2-6,9-12,15H2,1H3. The zero-order valence-corrected chi connectivity index (χ0v) is 10.8. The van der Waals surface area contributed by atoms with Crippen LogP contribution in [0.5, 0.6) is 0 Å². The lowest BCUT2D eigenvalue weighted by Crippen LogP contribution is -2.41. The van der Waals surface area contributed by atoms with Crippen LogP contribution in [-0.4, -0.2) is 18.6 Å². The van der Waals surface area contributed by atoms with E-state index in [1.165, 1.54) is 51.4 Å². The molecule has 0 saturated heterocycles. The summed E-state index contributed by atoms with van der Waals surface area (Å²) in [7, 11) is 0. The second kappa shape index (κ2) is 8.77. The van der Waals surface area contributed by atoms with Gasteiger partial charge in [-0.1, -0.05) is 51.2 Å². The maximum absolute atomic E-state index is 5.81. The second-order valence-electron chi connectivity index (χ2n) is 4.94. The molecule has 1 aliphatic carbocycles. The van der Waals surface area contributed by atoms with Crippen molar-refractivity contribution in [3.63, 3.8) is 0 Å². The van der Waals surface area contributed by atoms with Gasteiger partial charge in [-0.3, -0.25) is 0 Å². The smallest absolute Gasteiger partial charge is 0.0193 e. The largest absolute Gasteiger partial charge is 0.329 e. The first-order chi connectivity index (χ1) is 7.86. The Bertz CT molecular complexity index is 181. The first kappa shape index (κ1) is 13.7. The van der Waals surface area contributed by atoms with Crippen molar-refractivity contribution in [1.82, 2.24) is 5.32 Å². The summed E-state index contributed by atoms with van der Waals surface area (Å²) in [5, 5.41) is 3.67. The fraction of sp³-hybridized carbons (Fsp3) is 0.857. The summed E-state index contributed by atoms with van der Waals surface area (Å²) in [4.78, 5) is 0. The lowest BCUT2D eigenvalue weighted by atomic mass is 10.1. The molecule has 0 bridgehead atoms. The van der Waals surface area contributed by atoms with Crippen LogP contribution in [0.25, 0.3) is 0 Å². The Morgan fingerprint density at radius 3 is 2.50 bits per heavy atom. The van der Waals surface area contributed by atoms with Gasteiger partial charge in [-0.2, -0.15) is 0 Å². The summed E-state index contributed by atoms with van der Waals surface area (Å²) in [6.45, 7) is 3.04. The predicted octanol–water partition coefficient (Wildman–Crippen LogP) is 2.98. The molecule has 3 N–H and O–H groups in total. The van der Waals surface area contributed by atoms with E-state index < -0.39 is 0 Å². The minimum Gasteiger partial charge on any atom is -0.329 e. The van der Waals surface area contributed by atoms with Crippen molar-refractivity contribution in [2.45, 2.75) is 70.4 Å². The van der Waals surface area contributed by atoms with Gasteiger partial charge in [0.05, 0.1) is 0 Å². The van der Waals surface area contributed by atoms with Crippen LogP contribution in [0.3, 0.4) is 0 Å². The minimum atomic E-state index is 0.534. The lowest BCUT2D eigenvalue weighted by molar-refractivity contribution is 0.407. The van der Waals surface area contributed by atoms with Crippen LogP contribution in [0.2, 0.25) is 0 Å². The van der Waals surface area contributed by atoms with Crippen molar-refractivity contribution < 1.29 is 0 Å². The van der Waals surface area contributed by atoms with Gasteiger partial charge in [0.15, 0.2) is 0 Å². The van der Waals surface area contributed by atoms with Crippen LogP contribution >= 0.6 is 0 Å². The maximum Gasteiger partial charge on any atom is 0.0193 e. The quantitative estimate of drug-likeness (QED) is 0.467. The normalized spacial score (nSPS) is 18.1. The zero-order chi connectivity index (χ0) is 11.6. The summed E-state index contributed by atoms with van der Waals surface area (Å²) in [5.41, 5.74) is 5.81. The van der Waals surface area contributed by atoms with Gasteiger partial charge >= 0.3 is 0 Å². The number of nitrogens with one attached hydrogen (secondary N) is 1. The molecule has 0 aliphatic heterocycles. The Balaban J connectivity index is 2.02. The lowest BCUT2D eigenvalue weighted by Gasteiger charge is -2.21. The highest BCUT2D eigenvalue weighted by molar-refractivity contribution is 4.98. The molecule has 1 aliphatic rings. The molecule has 0 spiro atoms. The van der Waals surface area contributed by atoms with Crippen molar-refractivity contribution in [2.75, 3.05) is 6.54 Å². The first-order valence-electron chi connectivity index (χ1n) is 6.98. The van der Waals surface area contributed by atoms with Crippen LogP contribution in [0.15, 0.2) is 12.2 Å². The Morgan fingerprint density at radius 2 is 1.88 bits per heavy atom. The molecule has 94 valence electrons. The highest BCUT2D eigenvalue weighted by Gasteiger charge is 2.14. The van der Waals surface area contributed by atoms with Gasteiger partial charge in [0.2, 0.25) is 0 Å². The highest BCUT2D eigenvalue weighted by Crippen LogP contribution is 2.12. The Labute approximate surface area is 101 Å². The van der Waals surface area contributed by atoms with Crippen molar-refractivity contribution in [1.29, 1.82) is 0 Å². The topological polar surface area (TPSA) is 38.0 Å². The highest BCUT2D eigenvalue weighted by atomic mass is 15.0. The molecule has 0 saturated carbocycles. The molecule has 0 aromatic rings. The fourth-order valence-electron chi connectivity index (χ4n) is 2.35. The number of hydrogen-bond acceptors (Lipinski definition) is 2. The molecule has 16 heavy (non-hydrogen) atoms. The number of nitrogens with two attached hydrogens (primary N) is 1. The molecule has 1 atom stereocenters. The van der Waals surface area contributed by atoms with E-state index in [1.807, 2.05) is 0 Å². The van der Waals surface area contributed by atoms with Crippen molar-refractivity contribution in [3.05, 3.63) is 12.2 Å². The summed E-state index contributed by atoms with van der Waals surface area (Å²) in [6.07, 6.45) is 15.0. The molecule has 0 aromatic heterocycles. The van der Waals surface area contributed by atoms with E-state index in [0.29, 0.717) is 12.1 Å². The molecule has 0 radical (unpaired) electrons. The average Bonchev–Trinajstić information content (AvgIpc) is 2.80. The molecule has 0 heterocycles. The minimum absolute atomic E-state index is 0.534. The van der Waals surface area contributed by atoms with Gasteiger partial charge in [0.25, 0.3) is 0 Å². The maximum atomic E-state index is 5.81. The molecule has 2 heteroatoms. The molecule has 1 rings (SSSR count). The number of unbranched alkanes of at least 4 members (excludes halogenated alkanes) is 4. The second-order valence-corrected chi connectivity index (χ2v) is 4.94. The summed E-state index contributed by atoms with van der Waals surface area (Å²) in [6, 6.07) is 1.19. The van der Waals surface area contributed by atoms with Crippen LogP contribution < -0.4 is 11.1 Å². The van der Waals surface area contributed by atoms with Crippen molar-refractivity contribution in [3.8, 4) is 0 Å². The van der Waals surface area contributed by atoms with Gasteiger partial charge in [-0.15, -0.1) is 0 Å². The van der Waals surface area contributed by atoms with Gasteiger partial charge in [0, 0.05) is 18.6 Å². The van der Waals surface area contributed by atoms with Crippen LogP contribution in [0.4, 0.5) is 0 Å².